The van der Waals surface area contributed by atoms with Crippen LogP contribution in [0.4, 0.5) is 0 Å². The normalized spacial score (nSPS) is 14.4. The fourth-order valence-corrected chi connectivity index (χ4v) is 4.12. The first-order chi connectivity index (χ1) is 10.5. The van der Waals surface area contributed by atoms with Gasteiger partial charge in [-0.15, -0.1) is 0 Å². The fraction of sp³-hybridized carbons (Fsp3) is 0.235. The number of sulfone groups is 1. The summed E-state index contributed by atoms with van der Waals surface area (Å²) >= 11 is 0. The van der Waals surface area contributed by atoms with Crippen molar-refractivity contribution in [1.82, 2.24) is 9.55 Å². The number of benzene rings is 2. The van der Waals surface area contributed by atoms with Gasteiger partial charge in [-0.1, -0.05) is 24.3 Å². The van der Waals surface area contributed by atoms with Crippen molar-refractivity contribution in [2.24, 2.45) is 0 Å². The van der Waals surface area contributed by atoms with Gasteiger partial charge in [0.25, 0.3) is 0 Å². The van der Waals surface area contributed by atoms with Gasteiger partial charge < -0.3 is 4.57 Å². The lowest BCUT2D eigenvalue weighted by Crippen LogP contribution is -1.99. The van der Waals surface area contributed by atoms with Crippen molar-refractivity contribution in [3.63, 3.8) is 0 Å². The minimum absolute atomic E-state index is 0.371. The van der Waals surface area contributed by atoms with Crippen LogP contribution in [0.3, 0.4) is 0 Å². The van der Waals surface area contributed by atoms with Gasteiger partial charge in [-0.25, -0.2) is 13.4 Å². The number of rotatable bonds is 2. The second kappa shape index (κ2) is 4.68. The maximum atomic E-state index is 12.0. The highest BCUT2D eigenvalue weighted by Gasteiger charge is 2.18. The van der Waals surface area contributed by atoms with E-state index < -0.39 is 9.84 Å². The second-order valence-electron chi connectivity index (χ2n) is 5.76. The molecule has 0 unspecified atom stereocenters. The van der Waals surface area contributed by atoms with E-state index in [4.69, 9.17) is 0 Å². The molecule has 0 fully saturated rings. The van der Waals surface area contributed by atoms with Crippen molar-refractivity contribution in [1.29, 1.82) is 0 Å². The molecule has 2 aromatic carbocycles. The van der Waals surface area contributed by atoms with E-state index in [0.29, 0.717) is 4.90 Å². The van der Waals surface area contributed by atoms with Gasteiger partial charge in [0.15, 0.2) is 9.84 Å². The summed E-state index contributed by atoms with van der Waals surface area (Å²) < 4.78 is 26.3. The van der Waals surface area contributed by atoms with Crippen LogP contribution >= 0.6 is 0 Å². The predicted octanol–water partition coefficient (Wildman–Crippen LogP) is 3.05. The Morgan fingerprint density at radius 3 is 2.77 bits per heavy atom. The number of aromatic nitrogens is 2. The Balaban J connectivity index is 1.96. The van der Waals surface area contributed by atoms with Crippen LogP contribution in [0.25, 0.3) is 22.2 Å². The van der Waals surface area contributed by atoms with Crippen LogP contribution in [-0.2, 0) is 22.8 Å². The van der Waals surface area contributed by atoms with Crippen molar-refractivity contribution >= 4 is 20.9 Å². The average molecular weight is 312 g/mol. The molecule has 0 aliphatic carbocycles. The van der Waals surface area contributed by atoms with Crippen molar-refractivity contribution < 1.29 is 8.42 Å². The van der Waals surface area contributed by atoms with E-state index in [0.717, 1.165) is 47.4 Å². The maximum Gasteiger partial charge on any atom is 0.176 e. The van der Waals surface area contributed by atoms with Gasteiger partial charge >= 0.3 is 0 Å². The van der Waals surface area contributed by atoms with Crippen molar-refractivity contribution in [3.8, 4) is 11.1 Å². The Morgan fingerprint density at radius 1 is 1.14 bits per heavy atom. The molecule has 112 valence electrons. The van der Waals surface area contributed by atoms with Crippen molar-refractivity contribution in [2.75, 3.05) is 6.26 Å². The summed E-state index contributed by atoms with van der Waals surface area (Å²) in [6.07, 6.45) is 3.40. The molecule has 5 heteroatoms. The topological polar surface area (TPSA) is 52.0 Å². The minimum Gasteiger partial charge on any atom is -0.328 e. The van der Waals surface area contributed by atoms with Gasteiger partial charge in [0, 0.05) is 24.8 Å². The van der Waals surface area contributed by atoms with Crippen LogP contribution in [0, 0.1) is 0 Å². The maximum absolute atomic E-state index is 12.0. The molecule has 0 radical (unpaired) electrons. The highest BCUT2D eigenvalue weighted by atomic mass is 32.2. The summed E-state index contributed by atoms with van der Waals surface area (Å²) in [6.45, 7) is 0.989. The van der Waals surface area contributed by atoms with Gasteiger partial charge in [-0.2, -0.15) is 0 Å². The second-order valence-corrected chi connectivity index (χ2v) is 7.74. The third-order valence-corrected chi connectivity index (χ3v) is 5.36. The van der Waals surface area contributed by atoms with E-state index in [2.05, 4.69) is 15.6 Å². The Labute approximate surface area is 129 Å². The molecule has 0 atom stereocenters. The monoisotopic (exact) mass is 312 g/mol. The minimum atomic E-state index is -3.26. The molecule has 1 aliphatic rings. The first-order valence-corrected chi connectivity index (χ1v) is 9.22. The molecule has 1 aliphatic heterocycles. The molecule has 2 heterocycles. The van der Waals surface area contributed by atoms with Crippen molar-refractivity contribution in [3.05, 3.63) is 48.3 Å². The zero-order valence-electron chi connectivity index (χ0n) is 12.3. The summed E-state index contributed by atoms with van der Waals surface area (Å²) in [4.78, 5) is 5.01. The average Bonchev–Trinajstić information content (AvgIpc) is 3.06. The van der Waals surface area contributed by atoms with Crippen molar-refractivity contribution in [2.45, 2.75) is 24.3 Å². The van der Waals surface area contributed by atoms with E-state index in [1.54, 1.807) is 12.1 Å². The van der Waals surface area contributed by atoms with E-state index in [1.807, 2.05) is 24.3 Å². The summed E-state index contributed by atoms with van der Waals surface area (Å²) in [5, 5.41) is 0. The third kappa shape index (κ3) is 2.04. The van der Waals surface area contributed by atoms with Crippen LogP contribution in [0.1, 0.15) is 12.2 Å². The number of hydrogen-bond donors (Lipinski definition) is 0. The van der Waals surface area contributed by atoms with E-state index >= 15 is 0 Å². The summed E-state index contributed by atoms with van der Waals surface area (Å²) in [5.41, 5.74) is 3.74. The molecular formula is C17H16N2O2S. The highest BCUT2D eigenvalue weighted by molar-refractivity contribution is 7.90. The number of aryl methyl sites for hydroxylation is 2. The number of hydrogen-bond acceptors (Lipinski definition) is 3. The number of imidazole rings is 1. The highest BCUT2D eigenvalue weighted by Crippen LogP contribution is 2.31. The predicted molar refractivity (Wildman–Crippen MR) is 86.6 cm³/mol. The lowest BCUT2D eigenvalue weighted by Gasteiger charge is -2.09. The smallest absolute Gasteiger partial charge is 0.176 e. The lowest BCUT2D eigenvalue weighted by molar-refractivity contribution is 0.602. The van der Waals surface area contributed by atoms with E-state index in [9.17, 15) is 8.42 Å². The van der Waals surface area contributed by atoms with Crippen LogP contribution in [0.2, 0.25) is 0 Å². The Hall–Kier alpha value is -2.14. The molecular weight excluding hydrogens is 296 g/mol. The molecule has 0 N–H and O–H groups in total. The summed E-state index contributed by atoms with van der Waals surface area (Å²) in [5.74, 6) is 1.13. The first-order valence-electron chi connectivity index (χ1n) is 7.33. The Morgan fingerprint density at radius 2 is 1.95 bits per heavy atom. The van der Waals surface area contributed by atoms with Crippen LogP contribution in [-0.4, -0.2) is 24.2 Å². The van der Waals surface area contributed by atoms with Gasteiger partial charge in [-0.3, -0.25) is 0 Å². The molecule has 0 saturated carbocycles. The number of fused-ring (bicyclic) bond motifs is 3. The largest absolute Gasteiger partial charge is 0.328 e. The Bertz CT molecular complexity index is 987. The zero-order valence-corrected chi connectivity index (χ0v) is 13.1. The van der Waals surface area contributed by atoms with Crippen LogP contribution in [0.15, 0.2) is 47.4 Å². The number of nitrogens with zero attached hydrogens (tertiary/aromatic N) is 2. The SMILES string of the molecule is CS(=O)(=O)c1ccccc1-c1ccc2nc3n(c2c1)CCC3. The van der Waals surface area contributed by atoms with Gasteiger partial charge in [0.1, 0.15) is 5.82 Å². The molecule has 4 nitrogen and oxygen atoms in total. The van der Waals surface area contributed by atoms with Gasteiger partial charge in [0.2, 0.25) is 0 Å². The fourth-order valence-electron chi connectivity index (χ4n) is 3.20. The molecule has 0 spiro atoms. The van der Waals surface area contributed by atoms with Gasteiger partial charge in [-0.05, 0) is 30.2 Å². The van der Waals surface area contributed by atoms with Crippen LogP contribution in [0.5, 0.6) is 0 Å². The van der Waals surface area contributed by atoms with E-state index in [1.165, 1.54) is 6.26 Å². The molecule has 22 heavy (non-hydrogen) atoms. The van der Waals surface area contributed by atoms with E-state index in [-0.39, 0.29) is 0 Å². The standard InChI is InChI=1S/C17H16N2O2S/c1-22(20,21)16-6-3-2-5-13(16)12-8-9-14-15(11-12)19-10-4-7-17(19)18-14/h2-3,5-6,8-9,11H,4,7,10H2,1H3. The zero-order chi connectivity index (χ0) is 15.3. The first kappa shape index (κ1) is 13.5. The third-order valence-electron chi connectivity index (χ3n) is 4.21. The molecule has 0 amide bonds. The molecule has 0 bridgehead atoms. The molecule has 1 aromatic heterocycles. The lowest BCUT2D eigenvalue weighted by atomic mass is 10.1. The quantitative estimate of drug-likeness (QED) is 0.731. The van der Waals surface area contributed by atoms with Crippen LogP contribution < -0.4 is 0 Å². The molecule has 4 rings (SSSR count). The summed E-state index contributed by atoms with van der Waals surface area (Å²) in [6, 6.07) is 13.1. The molecule has 3 aromatic rings. The summed E-state index contributed by atoms with van der Waals surface area (Å²) in [7, 11) is -3.26. The van der Waals surface area contributed by atoms with Gasteiger partial charge in [0.05, 0.1) is 15.9 Å². The Kier molecular flexibility index (Phi) is 2.87. The molecule has 0 saturated heterocycles.